The van der Waals surface area contributed by atoms with Crippen LogP contribution in [0.25, 0.3) is 0 Å². The highest BCUT2D eigenvalue weighted by Gasteiger charge is 2.52. The molecule has 1 unspecified atom stereocenters. The van der Waals surface area contributed by atoms with E-state index in [2.05, 4.69) is 13.2 Å². The Bertz CT molecular complexity index is 1660. The van der Waals surface area contributed by atoms with Crippen molar-refractivity contribution in [3.8, 4) is 0 Å². The molecule has 0 aromatic carbocycles. The molecule has 0 radical (unpaired) electrons. The van der Waals surface area contributed by atoms with Gasteiger partial charge in [-0.05, 0) is 128 Å². The lowest BCUT2D eigenvalue weighted by Crippen LogP contribution is -2.39. The normalized spacial score (nSPS) is 30.5. The van der Waals surface area contributed by atoms with Crippen molar-refractivity contribution >= 4 is 48.1 Å². The molecule has 0 N–H and O–H groups in total. The highest BCUT2D eigenvalue weighted by Crippen LogP contribution is 2.36. The fraction of sp³-hybridized carbons (Fsp3) is 0.760. The first-order chi connectivity index (χ1) is 33.9. The highest BCUT2D eigenvalue weighted by atomic mass is 16.7. The molecule has 4 saturated carbocycles. The number of rotatable bonds is 22. The van der Waals surface area contributed by atoms with E-state index in [1.165, 1.54) is 0 Å². The van der Waals surface area contributed by atoms with Crippen LogP contribution in [-0.2, 0) is 85.6 Å². The van der Waals surface area contributed by atoms with Crippen LogP contribution in [-0.4, -0.2) is 137 Å². The van der Waals surface area contributed by atoms with Crippen LogP contribution in [0.2, 0.25) is 0 Å². The van der Waals surface area contributed by atoms with Gasteiger partial charge in [-0.15, -0.1) is 0 Å². The molecule has 6 fully saturated rings. The lowest BCUT2D eigenvalue weighted by atomic mass is 9.86. The standard InChI is InChI=1S/C50H70O20/c1-3-41(51)59-25-5-7-27-61-49(57)67-37-21-13-31(14-22-37)45(53)65-35-17-9-33(10-18-35)47(55)69-39-29-63-44-40(30-64-43(39)44)70-48(56)34-11-19-36(20-12-34)66-46(54)32-15-23-38(24-16-32)68-50(58)62-28-8-6-26-60-42(52)4-2/h3-4,31-40,43-44H,1-2,5-30H2/t31?,32?,33?,34?,35?,36?,37?,38?,39-,40?,43+,44+/m0/s1. The molecule has 4 aliphatic carbocycles. The van der Waals surface area contributed by atoms with Gasteiger partial charge >= 0.3 is 48.1 Å². The van der Waals surface area contributed by atoms with E-state index in [1.807, 2.05) is 0 Å². The van der Waals surface area contributed by atoms with E-state index in [1.54, 1.807) is 0 Å². The summed E-state index contributed by atoms with van der Waals surface area (Å²) >= 11 is 0. The number of hydrogen-bond acceptors (Lipinski definition) is 20. The van der Waals surface area contributed by atoms with Gasteiger partial charge < -0.3 is 56.8 Å². The van der Waals surface area contributed by atoms with Crippen LogP contribution in [0.3, 0.4) is 0 Å². The summed E-state index contributed by atoms with van der Waals surface area (Å²) in [5, 5.41) is 0. The Morgan fingerprint density at radius 2 is 0.643 bits per heavy atom. The zero-order valence-corrected chi connectivity index (χ0v) is 40.0. The number of unbranched alkanes of at least 4 members (excludes halogenated alkanes) is 2. The molecule has 6 rings (SSSR count). The Balaban J connectivity index is 0.784. The summed E-state index contributed by atoms with van der Waals surface area (Å²) in [4.78, 5) is 98.9. The van der Waals surface area contributed by atoms with Crippen molar-refractivity contribution in [2.24, 2.45) is 23.7 Å². The van der Waals surface area contributed by atoms with Crippen LogP contribution < -0.4 is 0 Å². The van der Waals surface area contributed by atoms with Crippen molar-refractivity contribution in [3.05, 3.63) is 25.3 Å². The molecule has 0 amide bonds. The van der Waals surface area contributed by atoms with E-state index in [-0.39, 0.29) is 112 Å². The zero-order valence-electron chi connectivity index (χ0n) is 40.0. The van der Waals surface area contributed by atoms with Gasteiger partial charge in [0.1, 0.15) is 36.6 Å². The second kappa shape index (κ2) is 28.0. The van der Waals surface area contributed by atoms with Gasteiger partial charge in [0.2, 0.25) is 0 Å². The third kappa shape index (κ3) is 17.0. The number of hydrogen-bond donors (Lipinski definition) is 0. The van der Waals surface area contributed by atoms with Crippen LogP contribution in [0.1, 0.15) is 128 Å². The van der Waals surface area contributed by atoms with Crippen LogP contribution >= 0.6 is 0 Å². The number of ether oxygens (including phenoxy) is 12. The van der Waals surface area contributed by atoms with E-state index in [9.17, 15) is 38.4 Å². The van der Waals surface area contributed by atoms with E-state index >= 15 is 0 Å². The fourth-order valence-corrected chi connectivity index (χ4v) is 9.83. The quantitative estimate of drug-likeness (QED) is 0.0503. The van der Waals surface area contributed by atoms with Gasteiger partial charge in [0.15, 0.2) is 12.2 Å². The third-order valence-electron chi connectivity index (χ3n) is 14.0. The molecule has 4 atom stereocenters. The van der Waals surface area contributed by atoms with Gasteiger partial charge in [0.05, 0.1) is 63.3 Å². The van der Waals surface area contributed by atoms with Crippen molar-refractivity contribution in [2.45, 2.75) is 177 Å². The molecule has 70 heavy (non-hydrogen) atoms. The Hall–Kier alpha value is -5.24. The molecule has 20 heteroatoms. The minimum atomic E-state index is -0.763. The number of carbonyl (C=O) groups excluding carboxylic acids is 8. The summed E-state index contributed by atoms with van der Waals surface area (Å²) in [6.45, 7) is 7.58. The second-order valence-corrected chi connectivity index (χ2v) is 18.9. The summed E-state index contributed by atoms with van der Waals surface area (Å²) in [6, 6.07) is 0. The molecule has 2 heterocycles. The molecule has 0 spiro atoms. The molecule has 0 aromatic heterocycles. The second-order valence-electron chi connectivity index (χ2n) is 18.9. The van der Waals surface area contributed by atoms with Crippen molar-refractivity contribution < 1.29 is 95.2 Å². The molecule has 0 bridgehead atoms. The largest absolute Gasteiger partial charge is 0.508 e. The first-order valence-corrected chi connectivity index (χ1v) is 25.2. The average Bonchev–Trinajstić information content (AvgIpc) is 3.96. The first-order valence-electron chi connectivity index (χ1n) is 25.2. The number of fused-ring (bicyclic) bond motifs is 1. The molecule has 0 aromatic rings. The van der Waals surface area contributed by atoms with E-state index < -0.39 is 48.7 Å². The predicted molar refractivity (Wildman–Crippen MR) is 240 cm³/mol. The number of carbonyl (C=O) groups is 8. The molecule has 2 aliphatic heterocycles. The summed E-state index contributed by atoms with van der Waals surface area (Å²) in [5.41, 5.74) is 0. The zero-order chi connectivity index (χ0) is 49.8. The van der Waals surface area contributed by atoms with Crippen LogP contribution in [0.5, 0.6) is 0 Å². The van der Waals surface area contributed by atoms with Gasteiger partial charge in [0, 0.05) is 12.2 Å². The maximum absolute atomic E-state index is 13.3. The molecule has 2 saturated heterocycles. The lowest BCUT2D eigenvalue weighted by Gasteiger charge is -2.31. The molecular formula is C50H70O20. The monoisotopic (exact) mass is 990 g/mol. The summed E-state index contributed by atoms with van der Waals surface area (Å²) < 4.78 is 66.2. The minimum Gasteiger partial charge on any atom is -0.463 e. The minimum absolute atomic E-state index is 0.115. The van der Waals surface area contributed by atoms with Gasteiger partial charge in [-0.2, -0.15) is 0 Å². The molecule has 390 valence electrons. The van der Waals surface area contributed by atoms with E-state index in [4.69, 9.17) is 56.8 Å². The molecule has 6 aliphatic rings. The maximum atomic E-state index is 13.3. The van der Waals surface area contributed by atoms with Crippen molar-refractivity contribution in [1.82, 2.24) is 0 Å². The van der Waals surface area contributed by atoms with Crippen molar-refractivity contribution in [2.75, 3.05) is 39.6 Å². The Labute approximate surface area is 408 Å². The van der Waals surface area contributed by atoms with Gasteiger partial charge in [0.25, 0.3) is 0 Å². The van der Waals surface area contributed by atoms with Crippen LogP contribution in [0.4, 0.5) is 9.59 Å². The SMILES string of the molecule is C=CC(=O)OCCCCOC(=O)OC1CCC(C(=O)OC2CCC(C(=O)OC3CO[C@@H]4[C@@H](OC(=O)C5CCC(OC(=O)C6CCC(OC(=O)OCCCCOC(=O)C=C)CC6)CC5)CO[C@H]34)CC2)CC1. The smallest absolute Gasteiger partial charge is 0.463 e. The van der Waals surface area contributed by atoms with Crippen LogP contribution in [0, 0.1) is 23.7 Å². The van der Waals surface area contributed by atoms with Gasteiger partial charge in [-0.25, -0.2) is 19.2 Å². The topological polar surface area (TPSA) is 247 Å². The first kappa shape index (κ1) is 54.1. The molecule has 20 nitrogen and oxygen atoms in total. The van der Waals surface area contributed by atoms with Crippen LogP contribution in [0.15, 0.2) is 25.3 Å². The third-order valence-corrected chi connectivity index (χ3v) is 14.0. The fourth-order valence-electron chi connectivity index (χ4n) is 9.83. The Kier molecular flexibility index (Phi) is 21.6. The summed E-state index contributed by atoms with van der Waals surface area (Å²) in [5.74, 6) is -3.60. The molecular weight excluding hydrogens is 921 g/mol. The Morgan fingerprint density at radius 1 is 0.371 bits per heavy atom. The van der Waals surface area contributed by atoms with Gasteiger partial charge in [-0.1, -0.05) is 13.2 Å². The predicted octanol–water partition coefficient (Wildman–Crippen LogP) is 6.25. The van der Waals surface area contributed by atoms with Gasteiger partial charge in [-0.3, -0.25) is 19.2 Å². The lowest BCUT2D eigenvalue weighted by molar-refractivity contribution is -0.164. The van der Waals surface area contributed by atoms with Crippen molar-refractivity contribution in [3.63, 3.8) is 0 Å². The Morgan fingerprint density at radius 3 is 0.943 bits per heavy atom. The van der Waals surface area contributed by atoms with E-state index in [0.29, 0.717) is 128 Å². The van der Waals surface area contributed by atoms with Crippen molar-refractivity contribution in [1.29, 1.82) is 0 Å². The average molecular weight is 991 g/mol. The summed E-state index contributed by atoms with van der Waals surface area (Å²) in [6.07, 6.45) is 7.29. The maximum Gasteiger partial charge on any atom is 0.508 e. The highest BCUT2D eigenvalue weighted by molar-refractivity contribution is 5.81. The summed E-state index contributed by atoms with van der Waals surface area (Å²) in [7, 11) is 0. The van der Waals surface area contributed by atoms with E-state index in [0.717, 1.165) is 12.2 Å². The number of esters is 6.